The Morgan fingerprint density at radius 1 is 0.410 bits per heavy atom. The predicted molar refractivity (Wildman–Crippen MR) is 468 cm³/mol. The maximum atomic E-state index is 12.9. The van der Waals surface area contributed by atoms with Gasteiger partial charge in [-0.25, -0.2) is 14.4 Å². The van der Waals surface area contributed by atoms with Crippen LogP contribution in [0.25, 0.3) is 44.9 Å². The number of hydrogen-bond acceptors (Lipinski definition) is 19. The number of esters is 2. The number of aliphatic carboxylic acids is 1. The van der Waals surface area contributed by atoms with Crippen LogP contribution < -0.4 is 19.9 Å². The highest BCUT2D eigenvalue weighted by Gasteiger charge is 2.37. The Labute approximate surface area is 691 Å². The van der Waals surface area contributed by atoms with E-state index in [0.717, 1.165) is 95.5 Å². The van der Waals surface area contributed by atoms with Gasteiger partial charge in [0, 0.05) is 68.1 Å². The number of anilines is 1. The highest BCUT2D eigenvalue weighted by Crippen LogP contribution is 2.34. The van der Waals surface area contributed by atoms with Crippen molar-refractivity contribution in [3.05, 3.63) is 253 Å². The first-order chi connectivity index (χ1) is 54.5. The van der Waals surface area contributed by atoms with E-state index in [-0.39, 0.29) is 42.8 Å². The minimum absolute atomic E-state index is 0. The van der Waals surface area contributed by atoms with E-state index >= 15 is 0 Å². The first-order valence-electron chi connectivity index (χ1n) is 38.4. The third-order valence-electron chi connectivity index (χ3n) is 17.1. The molecule has 0 aliphatic rings. The zero-order valence-electron chi connectivity index (χ0n) is 72.6. The highest BCUT2D eigenvalue weighted by atomic mass is 16.6. The first kappa shape index (κ1) is 96.9. The number of nitrogens with two attached hydrogens (primary N) is 1. The van der Waals surface area contributed by atoms with Gasteiger partial charge in [-0.3, -0.25) is 48.5 Å². The van der Waals surface area contributed by atoms with E-state index < -0.39 is 45.9 Å². The van der Waals surface area contributed by atoms with Gasteiger partial charge in [-0.2, -0.15) is 0 Å². The van der Waals surface area contributed by atoms with Gasteiger partial charge < -0.3 is 34.5 Å². The summed E-state index contributed by atoms with van der Waals surface area (Å²) in [6.07, 6.45) is 8.27. The number of carbonyl (C=O) groups excluding carboxylic acids is 9. The van der Waals surface area contributed by atoms with Crippen LogP contribution in [-0.2, 0) is 33.4 Å². The van der Waals surface area contributed by atoms with Crippen molar-refractivity contribution in [2.45, 2.75) is 215 Å². The number of aldehydes is 2. The standard InChI is InChI=1S/C29H33NO4.C25H25NO4.C17H24O4.C12H11NO.C7H7NO.C5H8O2.2CH4/c1-18-15-21(16-19(2)26(18)33-29(7,8)27(32)34-28(4,5)6)13-14-25(31)23-17-22-11-9-10-12-24(22)30-20(23)3;1-15-12-18(13-16(2)23(15)30-25(4,5)24(28)29)10-11-22(27)20-14-19-8-6-7-9-21(19)26-17(20)3;1-11-8-13(10-18)9-12(2)14(11)20-17(6,7)15(19)21-16(3,4)5;1-8-11(9(2)14)7-10-5-3-4-6-12(10)13-8;8-7-4-2-1-3-6(7)5-9;1-4(6)3-5(2)7;;/h9-17H,1-8H3;6-14H,1-5H3,(H,28,29);8-10H,1-7H3;3-7H,1-2H3;1-5H,8H2;3H2,1-2H3;2*1H4/b14-13+;11-10+;;;;;;/i;;;;;;1T;. The third-order valence-corrected chi connectivity index (χ3v) is 17.1. The molecule has 20 heteroatoms. The molecule has 0 unspecified atom stereocenters. The van der Waals surface area contributed by atoms with E-state index in [1.165, 1.54) is 41.2 Å². The molecule has 117 heavy (non-hydrogen) atoms. The summed E-state index contributed by atoms with van der Waals surface area (Å²) in [5.41, 5.74) is 15.8. The summed E-state index contributed by atoms with van der Waals surface area (Å²) in [6.45, 7) is 41.9. The summed E-state index contributed by atoms with van der Waals surface area (Å²) in [5.74, 6) is -0.367. The molecule has 0 amide bonds. The van der Waals surface area contributed by atoms with Gasteiger partial charge in [0.05, 0.1) is 23.0 Å². The highest BCUT2D eigenvalue weighted by molar-refractivity contribution is 6.10. The third kappa shape index (κ3) is 30.0. The molecule has 0 spiro atoms. The topological polar surface area (TPSA) is 302 Å². The van der Waals surface area contributed by atoms with Gasteiger partial charge in [0.25, 0.3) is 0 Å². The molecule has 3 aromatic heterocycles. The number of carboxylic acid groups (broad SMARTS) is 1. The molecule has 0 aliphatic carbocycles. The fourth-order valence-electron chi connectivity index (χ4n) is 11.4. The molecular formula is C97H116N4O16. The van der Waals surface area contributed by atoms with E-state index in [4.69, 9.17) is 30.8 Å². The van der Waals surface area contributed by atoms with Gasteiger partial charge in [0.15, 0.2) is 40.4 Å². The van der Waals surface area contributed by atoms with Crippen molar-refractivity contribution in [2.24, 2.45) is 0 Å². The number of carbonyl (C=O) groups is 10. The Hall–Kier alpha value is -12.5. The first-order valence-corrected chi connectivity index (χ1v) is 37.4. The summed E-state index contributed by atoms with van der Waals surface area (Å²) in [4.78, 5) is 128. The molecule has 0 fully saturated rings. The van der Waals surface area contributed by atoms with Crippen LogP contribution >= 0.6 is 0 Å². The SMILES string of the molecule is C.CC(=O)CC(C)=O.CC(=O)c1cc2ccccc2nc1C.Cc1cc(/C=C/C(=O)c2cc3ccccc3nc2C)cc(C)c1OC(C)(C)C(=O)O.Cc1cc(/C=C/C(=O)c2cc3ccccc3nc2C)cc(C)c1OC(C)(C)C(=O)OC(C)(C)C.Cc1cc(C=O)cc(C)c1OC(C)(C)C(=O)OC(C)(C)C.Nc1ccccc1C=O.[3H]C. The molecule has 7 aromatic carbocycles. The number of Topliss-reactive ketones (excluding diaryl/α,β-unsaturated/α-hetero) is 3. The number of benzene rings is 7. The van der Waals surface area contributed by atoms with Gasteiger partial charge in [0.2, 0.25) is 0 Å². The molecule has 10 aromatic rings. The number of rotatable bonds is 20. The quantitative estimate of drug-likeness (QED) is 0.0179. The number of allylic oxidation sites excluding steroid dienone is 2. The van der Waals surface area contributed by atoms with Crippen LogP contribution in [0, 0.1) is 62.3 Å². The molecule has 3 N–H and O–H groups in total. The lowest BCUT2D eigenvalue weighted by atomic mass is 10.0. The van der Waals surface area contributed by atoms with Crippen LogP contribution in [-0.4, -0.2) is 107 Å². The zero-order valence-corrected chi connectivity index (χ0v) is 71.6. The normalized spacial score (nSPS) is 11.2. The molecule has 620 valence electrons. The van der Waals surface area contributed by atoms with Crippen molar-refractivity contribution in [2.75, 3.05) is 5.73 Å². The molecule has 0 atom stereocenters. The van der Waals surface area contributed by atoms with Crippen molar-refractivity contribution < 1.29 is 78.1 Å². The fourth-order valence-corrected chi connectivity index (χ4v) is 11.4. The van der Waals surface area contributed by atoms with E-state index in [2.05, 4.69) is 15.0 Å². The Morgan fingerprint density at radius 2 is 0.701 bits per heavy atom. The Bertz CT molecular complexity index is 5280. The Balaban J connectivity index is 0.000000389. The van der Waals surface area contributed by atoms with Crippen LogP contribution in [0.15, 0.2) is 164 Å². The molecule has 0 bridgehead atoms. The van der Waals surface area contributed by atoms with Crippen molar-refractivity contribution >= 4 is 110 Å². The molecule has 0 aliphatic heterocycles. The van der Waals surface area contributed by atoms with Crippen molar-refractivity contribution in [3.63, 3.8) is 0 Å². The molecule has 0 saturated heterocycles. The molecule has 0 saturated carbocycles. The number of aromatic nitrogens is 3. The summed E-state index contributed by atoms with van der Waals surface area (Å²) in [5, 5.41) is 12.2. The maximum absolute atomic E-state index is 12.9. The van der Waals surface area contributed by atoms with Crippen LogP contribution in [0.4, 0.5) is 5.69 Å². The van der Waals surface area contributed by atoms with Crippen LogP contribution in [0.2, 0.25) is 0 Å². The van der Waals surface area contributed by atoms with Crippen LogP contribution in [0.5, 0.6) is 17.2 Å². The lowest BCUT2D eigenvalue weighted by Crippen LogP contribution is -2.43. The smallest absolute Gasteiger partial charge is 0.350 e. The second-order valence-corrected chi connectivity index (χ2v) is 31.4. The van der Waals surface area contributed by atoms with Gasteiger partial charge in [0.1, 0.15) is 46.3 Å². The number of ether oxygens (including phenoxy) is 5. The molecular weight excluding hydrogens is 1480 g/mol. The molecule has 3 heterocycles. The number of ketones is 5. The largest absolute Gasteiger partial charge is 0.478 e. The number of aryl methyl sites for hydroxylation is 9. The number of pyridine rings is 3. The number of para-hydroxylation sites is 4. The Kier molecular flexibility index (Phi) is 35.4. The minimum Gasteiger partial charge on any atom is -0.478 e. The summed E-state index contributed by atoms with van der Waals surface area (Å²) in [7, 11) is 1.25. The number of fused-ring (bicyclic) bond motifs is 3. The second kappa shape index (κ2) is 42.8. The van der Waals surface area contributed by atoms with Crippen molar-refractivity contribution in [1.82, 2.24) is 15.0 Å². The monoisotopic (exact) mass is 1590 g/mol. The van der Waals surface area contributed by atoms with E-state index in [1.807, 2.05) is 219 Å². The number of nitrogen functional groups attached to an aromatic ring is 1. The average molecular weight is 1600 g/mol. The van der Waals surface area contributed by atoms with Crippen molar-refractivity contribution in [1.29, 1.82) is 0 Å². The number of nitrogens with zero attached hydrogens (tertiary/aromatic N) is 3. The lowest BCUT2D eigenvalue weighted by Gasteiger charge is -2.30. The van der Waals surface area contributed by atoms with E-state index in [1.54, 1.807) is 89.2 Å². The number of hydrogen-bond donors (Lipinski definition) is 2. The van der Waals surface area contributed by atoms with Gasteiger partial charge in [-0.1, -0.05) is 93.7 Å². The summed E-state index contributed by atoms with van der Waals surface area (Å²) in [6, 6.07) is 47.0. The van der Waals surface area contributed by atoms with E-state index in [9.17, 15) is 53.1 Å². The average Bonchev–Trinajstić information content (AvgIpc) is 0.835. The lowest BCUT2D eigenvalue weighted by molar-refractivity contribution is -0.171. The van der Waals surface area contributed by atoms with Crippen LogP contribution in [0.3, 0.4) is 0 Å². The van der Waals surface area contributed by atoms with Gasteiger partial charge >= 0.3 is 17.9 Å². The number of carboxylic acids is 1. The zero-order chi connectivity index (χ0) is 88.4. The Morgan fingerprint density at radius 3 is 0.974 bits per heavy atom. The molecule has 0 radical (unpaired) electrons. The predicted octanol–water partition coefficient (Wildman–Crippen LogP) is 21.1. The maximum Gasteiger partial charge on any atom is 0.350 e. The summed E-state index contributed by atoms with van der Waals surface area (Å²) < 4.78 is 34.3. The fraction of sp³-hybridized carbons (Fsp3) is 0.330. The van der Waals surface area contributed by atoms with Crippen molar-refractivity contribution in [3.8, 4) is 17.2 Å². The molecule has 10 rings (SSSR count). The minimum atomic E-state index is -1.33. The van der Waals surface area contributed by atoms with E-state index in [0.29, 0.717) is 62.1 Å². The van der Waals surface area contributed by atoms with Crippen LogP contribution in [0.1, 0.15) is 240 Å². The second-order valence-electron chi connectivity index (χ2n) is 31.4. The van der Waals surface area contributed by atoms with Gasteiger partial charge in [-0.05, 0) is 308 Å². The molecule has 20 nitrogen and oxygen atoms in total. The van der Waals surface area contributed by atoms with Gasteiger partial charge in [-0.15, -0.1) is 0 Å². The summed E-state index contributed by atoms with van der Waals surface area (Å²) >= 11 is 0.